The monoisotopic (exact) mass is 230 g/mol. The zero-order valence-electron chi connectivity index (χ0n) is 9.23. The summed E-state index contributed by atoms with van der Waals surface area (Å²) < 4.78 is 0. The number of nitrogens with one attached hydrogen (secondary N) is 1. The molecule has 2 aromatic rings. The minimum atomic E-state index is 0.896. The molecule has 2 nitrogen and oxygen atoms in total. The Morgan fingerprint density at radius 3 is 3.06 bits per heavy atom. The van der Waals surface area contributed by atoms with E-state index in [1.54, 1.807) is 11.3 Å². The quantitative estimate of drug-likeness (QED) is 0.851. The van der Waals surface area contributed by atoms with E-state index < -0.39 is 0 Å². The van der Waals surface area contributed by atoms with Crippen LogP contribution in [0.2, 0.25) is 0 Å². The summed E-state index contributed by atoms with van der Waals surface area (Å²) in [7, 11) is 0. The number of hydrogen-bond donors (Lipinski definition) is 1. The average molecular weight is 230 g/mol. The number of H-pyrrole nitrogens is 1. The molecular formula is C13H14N2S. The summed E-state index contributed by atoms with van der Waals surface area (Å²) in [6.07, 6.45) is 6.88. The first-order chi connectivity index (χ1) is 7.75. The highest BCUT2D eigenvalue weighted by molar-refractivity contribution is 7.10. The van der Waals surface area contributed by atoms with Crippen molar-refractivity contribution in [1.82, 2.24) is 9.97 Å². The molecule has 2 rings (SSSR count). The van der Waals surface area contributed by atoms with Crippen molar-refractivity contribution in [2.75, 3.05) is 0 Å². The molecule has 16 heavy (non-hydrogen) atoms. The Hall–Kier alpha value is -1.61. The van der Waals surface area contributed by atoms with E-state index in [0.29, 0.717) is 0 Å². The number of aromatic amines is 1. The van der Waals surface area contributed by atoms with E-state index in [2.05, 4.69) is 34.8 Å². The average Bonchev–Trinajstić information content (AvgIpc) is 2.87. The zero-order chi connectivity index (χ0) is 11.4. The number of rotatable bonds is 4. The van der Waals surface area contributed by atoms with Crippen LogP contribution in [0.1, 0.15) is 23.3 Å². The second kappa shape index (κ2) is 4.94. The third kappa shape index (κ3) is 2.70. The van der Waals surface area contributed by atoms with Crippen molar-refractivity contribution >= 4 is 23.0 Å². The van der Waals surface area contributed by atoms with Crippen LogP contribution in [0.3, 0.4) is 0 Å². The largest absolute Gasteiger partial charge is 0.358 e. The predicted octanol–water partition coefficient (Wildman–Crippen LogP) is 3.76. The molecule has 0 aliphatic heterocycles. The Labute approximate surface area is 99.4 Å². The molecule has 82 valence electrons. The molecule has 0 radical (unpaired) electrons. The van der Waals surface area contributed by atoms with Crippen molar-refractivity contribution in [3.05, 3.63) is 52.8 Å². The van der Waals surface area contributed by atoms with Crippen molar-refractivity contribution in [3.8, 4) is 0 Å². The van der Waals surface area contributed by atoms with Gasteiger partial charge in [0.25, 0.3) is 0 Å². The normalized spacial score (nSPS) is 11.1. The van der Waals surface area contributed by atoms with Gasteiger partial charge in [-0.25, -0.2) is 4.98 Å². The van der Waals surface area contributed by atoms with Crippen LogP contribution in [0, 0.1) is 0 Å². The van der Waals surface area contributed by atoms with E-state index in [9.17, 15) is 0 Å². The lowest BCUT2D eigenvalue weighted by Gasteiger charge is -1.93. The van der Waals surface area contributed by atoms with Gasteiger partial charge in [-0.3, -0.25) is 0 Å². The predicted molar refractivity (Wildman–Crippen MR) is 70.4 cm³/mol. The molecule has 0 aliphatic rings. The second-order valence-corrected chi connectivity index (χ2v) is 4.58. The first-order valence-electron chi connectivity index (χ1n) is 5.15. The van der Waals surface area contributed by atoms with Gasteiger partial charge < -0.3 is 4.98 Å². The summed E-state index contributed by atoms with van der Waals surface area (Å²) in [5.74, 6) is 0. The fraction of sp³-hybridized carbons (Fsp3) is 0.154. The summed E-state index contributed by atoms with van der Waals surface area (Å²) in [6, 6.07) is 4.16. The Balaban J connectivity index is 1.97. The van der Waals surface area contributed by atoms with Crippen LogP contribution in [-0.4, -0.2) is 9.97 Å². The van der Waals surface area contributed by atoms with Gasteiger partial charge in [0.2, 0.25) is 0 Å². The van der Waals surface area contributed by atoms with E-state index in [1.807, 2.05) is 24.6 Å². The molecule has 0 aromatic carbocycles. The van der Waals surface area contributed by atoms with Crippen LogP contribution in [-0.2, 0) is 6.42 Å². The first kappa shape index (κ1) is 10.9. The SMILES string of the molecule is C=C(C)c1ccc(C/C=C/c2nccs2)[nH]1. The molecule has 3 heteroatoms. The van der Waals surface area contributed by atoms with E-state index >= 15 is 0 Å². The van der Waals surface area contributed by atoms with Crippen molar-refractivity contribution in [2.24, 2.45) is 0 Å². The summed E-state index contributed by atoms with van der Waals surface area (Å²) in [5, 5.41) is 3.03. The second-order valence-electron chi connectivity index (χ2n) is 3.65. The Kier molecular flexibility index (Phi) is 3.37. The van der Waals surface area contributed by atoms with E-state index in [1.165, 1.54) is 5.69 Å². The zero-order valence-corrected chi connectivity index (χ0v) is 10.1. The van der Waals surface area contributed by atoms with Gasteiger partial charge in [-0.1, -0.05) is 12.7 Å². The lowest BCUT2D eigenvalue weighted by atomic mass is 10.2. The molecule has 2 aromatic heterocycles. The molecule has 0 amide bonds. The van der Waals surface area contributed by atoms with Gasteiger partial charge in [0.05, 0.1) is 0 Å². The Morgan fingerprint density at radius 1 is 1.56 bits per heavy atom. The molecule has 2 heterocycles. The van der Waals surface area contributed by atoms with E-state index in [4.69, 9.17) is 0 Å². The van der Waals surface area contributed by atoms with Gasteiger partial charge in [-0.15, -0.1) is 11.3 Å². The highest BCUT2D eigenvalue weighted by atomic mass is 32.1. The van der Waals surface area contributed by atoms with Crippen molar-refractivity contribution < 1.29 is 0 Å². The molecule has 0 saturated heterocycles. The number of hydrogen-bond acceptors (Lipinski definition) is 2. The van der Waals surface area contributed by atoms with Gasteiger partial charge in [-0.2, -0.15) is 0 Å². The third-order valence-corrected chi connectivity index (χ3v) is 3.00. The lowest BCUT2D eigenvalue weighted by molar-refractivity contribution is 1.14. The molecule has 0 saturated carbocycles. The molecule has 0 aliphatic carbocycles. The minimum Gasteiger partial charge on any atom is -0.358 e. The maximum Gasteiger partial charge on any atom is 0.115 e. The minimum absolute atomic E-state index is 0.896. The first-order valence-corrected chi connectivity index (χ1v) is 6.03. The number of thiazole rings is 1. The molecule has 0 atom stereocenters. The lowest BCUT2D eigenvalue weighted by Crippen LogP contribution is -1.82. The summed E-state index contributed by atoms with van der Waals surface area (Å²) in [4.78, 5) is 7.51. The molecular weight excluding hydrogens is 216 g/mol. The maximum absolute atomic E-state index is 4.19. The van der Waals surface area contributed by atoms with E-state index in [0.717, 1.165) is 22.7 Å². The highest BCUT2D eigenvalue weighted by Gasteiger charge is 1.97. The molecule has 0 spiro atoms. The van der Waals surface area contributed by atoms with Crippen LogP contribution < -0.4 is 0 Å². The fourth-order valence-corrected chi connectivity index (χ4v) is 1.97. The number of nitrogens with zero attached hydrogens (tertiary/aromatic N) is 1. The summed E-state index contributed by atoms with van der Waals surface area (Å²) in [6.45, 7) is 5.90. The summed E-state index contributed by atoms with van der Waals surface area (Å²) >= 11 is 1.65. The van der Waals surface area contributed by atoms with Crippen LogP contribution in [0.4, 0.5) is 0 Å². The standard InChI is InChI=1S/C13H14N2S/c1-10(2)12-7-6-11(15-12)4-3-5-13-14-8-9-16-13/h3,5-9,15H,1,4H2,2H3/b5-3+. The molecule has 0 unspecified atom stereocenters. The molecule has 0 bridgehead atoms. The highest BCUT2D eigenvalue weighted by Crippen LogP contribution is 2.12. The Bertz CT molecular complexity index is 492. The van der Waals surface area contributed by atoms with Gasteiger partial charge in [0.15, 0.2) is 0 Å². The van der Waals surface area contributed by atoms with Gasteiger partial charge in [0, 0.05) is 29.4 Å². The fourth-order valence-electron chi connectivity index (χ4n) is 1.41. The summed E-state index contributed by atoms with van der Waals surface area (Å²) in [5.41, 5.74) is 3.37. The van der Waals surface area contributed by atoms with Crippen molar-refractivity contribution in [3.63, 3.8) is 0 Å². The van der Waals surface area contributed by atoms with E-state index in [-0.39, 0.29) is 0 Å². The third-order valence-electron chi connectivity index (χ3n) is 2.26. The topological polar surface area (TPSA) is 28.7 Å². The smallest absolute Gasteiger partial charge is 0.115 e. The molecule has 1 N–H and O–H groups in total. The van der Waals surface area contributed by atoms with Crippen molar-refractivity contribution in [1.29, 1.82) is 0 Å². The van der Waals surface area contributed by atoms with Crippen LogP contribution >= 0.6 is 11.3 Å². The van der Waals surface area contributed by atoms with Crippen LogP contribution in [0.25, 0.3) is 11.6 Å². The number of aromatic nitrogens is 2. The maximum atomic E-state index is 4.19. The van der Waals surface area contributed by atoms with Crippen LogP contribution in [0.5, 0.6) is 0 Å². The van der Waals surface area contributed by atoms with Gasteiger partial charge in [-0.05, 0) is 30.7 Å². The van der Waals surface area contributed by atoms with Crippen LogP contribution in [0.15, 0.2) is 36.4 Å². The van der Waals surface area contributed by atoms with Crippen molar-refractivity contribution in [2.45, 2.75) is 13.3 Å². The van der Waals surface area contributed by atoms with Gasteiger partial charge in [0.1, 0.15) is 5.01 Å². The van der Waals surface area contributed by atoms with Gasteiger partial charge >= 0.3 is 0 Å². The molecule has 0 fully saturated rings. The Morgan fingerprint density at radius 2 is 2.44 bits per heavy atom. The number of allylic oxidation sites excluding steroid dienone is 2.